The molecule has 0 amide bonds. The van der Waals surface area contributed by atoms with Crippen LogP contribution in [-0.4, -0.2) is 23.4 Å². The smallest absolute Gasteiger partial charge is 0.0484 e. The van der Waals surface area contributed by atoms with Gasteiger partial charge in [0.05, 0.1) is 0 Å². The average molecular weight is 130 g/mol. The molecule has 0 atom stereocenters. The van der Waals surface area contributed by atoms with E-state index in [0.717, 1.165) is 5.57 Å². The SMILES string of the molecule is C=C(C)CC(CO)CO. The van der Waals surface area contributed by atoms with Crippen LogP contribution in [0.15, 0.2) is 12.2 Å². The third-order valence-electron chi connectivity index (χ3n) is 1.15. The molecule has 0 aliphatic rings. The van der Waals surface area contributed by atoms with Crippen LogP contribution in [0, 0.1) is 5.92 Å². The highest BCUT2D eigenvalue weighted by molar-refractivity contribution is 4.89. The van der Waals surface area contributed by atoms with E-state index >= 15 is 0 Å². The second kappa shape index (κ2) is 4.53. The molecule has 0 aliphatic carbocycles. The molecule has 2 heteroatoms. The summed E-state index contributed by atoms with van der Waals surface area (Å²) in [7, 11) is 0. The van der Waals surface area contributed by atoms with Gasteiger partial charge in [0.25, 0.3) is 0 Å². The summed E-state index contributed by atoms with van der Waals surface area (Å²) in [5.41, 5.74) is 1.00. The van der Waals surface area contributed by atoms with Crippen LogP contribution in [0.4, 0.5) is 0 Å². The second-order valence-electron chi connectivity index (χ2n) is 2.39. The van der Waals surface area contributed by atoms with Crippen molar-refractivity contribution in [2.24, 2.45) is 5.92 Å². The van der Waals surface area contributed by atoms with Crippen molar-refractivity contribution >= 4 is 0 Å². The van der Waals surface area contributed by atoms with E-state index in [1.165, 1.54) is 0 Å². The lowest BCUT2D eigenvalue weighted by molar-refractivity contribution is 0.150. The van der Waals surface area contributed by atoms with E-state index in [1.807, 2.05) is 6.92 Å². The molecule has 0 bridgehead atoms. The average Bonchev–Trinajstić information content (AvgIpc) is 1.82. The Morgan fingerprint density at radius 3 is 2.00 bits per heavy atom. The number of allylic oxidation sites excluding steroid dienone is 1. The molecule has 0 aromatic heterocycles. The van der Waals surface area contributed by atoms with E-state index in [0.29, 0.717) is 6.42 Å². The minimum Gasteiger partial charge on any atom is -0.396 e. The van der Waals surface area contributed by atoms with Crippen molar-refractivity contribution in [3.63, 3.8) is 0 Å². The lowest BCUT2D eigenvalue weighted by atomic mass is 10.0. The summed E-state index contributed by atoms with van der Waals surface area (Å²) in [5, 5.41) is 17.1. The molecule has 0 heterocycles. The predicted octanol–water partition coefficient (Wildman–Crippen LogP) is 0.553. The van der Waals surface area contributed by atoms with Crippen LogP contribution in [0.1, 0.15) is 13.3 Å². The normalized spacial score (nSPS) is 10.2. The van der Waals surface area contributed by atoms with E-state index in [2.05, 4.69) is 6.58 Å². The minimum atomic E-state index is -0.0116. The lowest BCUT2D eigenvalue weighted by Gasteiger charge is -2.08. The standard InChI is InChI=1S/C7H14O2/c1-6(2)3-7(4-8)5-9/h7-9H,1,3-5H2,2H3. The third kappa shape index (κ3) is 4.18. The van der Waals surface area contributed by atoms with Crippen molar-refractivity contribution in [2.75, 3.05) is 13.2 Å². The molecule has 2 N–H and O–H groups in total. The molecule has 0 saturated carbocycles. The van der Waals surface area contributed by atoms with Gasteiger partial charge in [-0.1, -0.05) is 5.57 Å². The minimum absolute atomic E-state index is 0.0116. The highest BCUT2D eigenvalue weighted by atomic mass is 16.3. The number of aliphatic hydroxyl groups is 2. The summed E-state index contributed by atoms with van der Waals surface area (Å²) in [6, 6.07) is 0. The van der Waals surface area contributed by atoms with Crippen molar-refractivity contribution < 1.29 is 10.2 Å². The van der Waals surface area contributed by atoms with Crippen molar-refractivity contribution in [3.8, 4) is 0 Å². The summed E-state index contributed by atoms with van der Waals surface area (Å²) in [6.07, 6.45) is 0.715. The Bertz CT molecular complexity index is 84.9. The first-order chi connectivity index (χ1) is 4.20. The van der Waals surface area contributed by atoms with E-state index in [4.69, 9.17) is 10.2 Å². The number of hydrogen-bond acceptors (Lipinski definition) is 2. The Labute approximate surface area is 55.8 Å². The topological polar surface area (TPSA) is 40.5 Å². The van der Waals surface area contributed by atoms with Crippen LogP contribution < -0.4 is 0 Å². The van der Waals surface area contributed by atoms with E-state index in [9.17, 15) is 0 Å². The van der Waals surface area contributed by atoms with E-state index in [1.54, 1.807) is 0 Å². The van der Waals surface area contributed by atoms with Gasteiger partial charge in [-0.3, -0.25) is 0 Å². The van der Waals surface area contributed by atoms with Gasteiger partial charge in [-0.25, -0.2) is 0 Å². The van der Waals surface area contributed by atoms with Crippen LogP contribution in [0.25, 0.3) is 0 Å². The third-order valence-corrected chi connectivity index (χ3v) is 1.15. The molecule has 0 aromatic rings. The molecule has 2 nitrogen and oxygen atoms in total. The zero-order valence-corrected chi connectivity index (χ0v) is 5.80. The van der Waals surface area contributed by atoms with Gasteiger partial charge < -0.3 is 10.2 Å². The van der Waals surface area contributed by atoms with Crippen LogP contribution >= 0.6 is 0 Å². The quantitative estimate of drug-likeness (QED) is 0.546. The van der Waals surface area contributed by atoms with Crippen LogP contribution in [0.5, 0.6) is 0 Å². The molecular formula is C7H14O2. The maximum Gasteiger partial charge on any atom is 0.0484 e. The molecule has 0 rings (SSSR count). The lowest BCUT2D eigenvalue weighted by Crippen LogP contribution is -2.10. The number of aliphatic hydroxyl groups excluding tert-OH is 2. The van der Waals surface area contributed by atoms with E-state index in [-0.39, 0.29) is 19.1 Å². The summed E-state index contributed by atoms with van der Waals surface area (Å²) in [6.45, 7) is 5.65. The summed E-state index contributed by atoms with van der Waals surface area (Å²) in [4.78, 5) is 0. The first kappa shape index (κ1) is 8.66. The van der Waals surface area contributed by atoms with Crippen molar-refractivity contribution in [2.45, 2.75) is 13.3 Å². The monoisotopic (exact) mass is 130 g/mol. The number of rotatable bonds is 4. The highest BCUT2D eigenvalue weighted by Gasteiger charge is 2.03. The predicted molar refractivity (Wildman–Crippen MR) is 37.1 cm³/mol. The molecule has 0 aromatic carbocycles. The second-order valence-corrected chi connectivity index (χ2v) is 2.39. The molecular weight excluding hydrogens is 116 g/mol. The Hall–Kier alpha value is -0.340. The summed E-state index contributed by atoms with van der Waals surface area (Å²) in [5.74, 6) is -0.0116. The Balaban J connectivity index is 3.43. The first-order valence-electron chi connectivity index (χ1n) is 3.06. The van der Waals surface area contributed by atoms with Gasteiger partial charge in [0.2, 0.25) is 0 Å². The molecule has 0 aliphatic heterocycles. The van der Waals surface area contributed by atoms with Crippen molar-refractivity contribution in [3.05, 3.63) is 12.2 Å². The fraction of sp³-hybridized carbons (Fsp3) is 0.714. The molecule has 0 unspecified atom stereocenters. The summed E-state index contributed by atoms with van der Waals surface area (Å²) < 4.78 is 0. The van der Waals surface area contributed by atoms with Crippen LogP contribution in [0.3, 0.4) is 0 Å². The Kier molecular flexibility index (Phi) is 4.36. The van der Waals surface area contributed by atoms with Crippen molar-refractivity contribution in [1.82, 2.24) is 0 Å². The largest absolute Gasteiger partial charge is 0.396 e. The van der Waals surface area contributed by atoms with Crippen molar-refractivity contribution in [1.29, 1.82) is 0 Å². The van der Waals surface area contributed by atoms with E-state index < -0.39 is 0 Å². The van der Waals surface area contributed by atoms with Gasteiger partial charge in [0.1, 0.15) is 0 Å². The molecule has 0 saturated heterocycles. The zero-order valence-electron chi connectivity index (χ0n) is 5.80. The van der Waals surface area contributed by atoms with Gasteiger partial charge in [-0.2, -0.15) is 0 Å². The van der Waals surface area contributed by atoms with Crippen LogP contribution in [0.2, 0.25) is 0 Å². The molecule has 0 radical (unpaired) electrons. The van der Waals surface area contributed by atoms with Gasteiger partial charge in [0, 0.05) is 19.1 Å². The zero-order chi connectivity index (χ0) is 7.28. The van der Waals surface area contributed by atoms with Gasteiger partial charge in [-0.15, -0.1) is 6.58 Å². The van der Waals surface area contributed by atoms with Crippen LogP contribution in [-0.2, 0) is 0 Å². The fourth-order valence-corrected chi connectivity index (χ4v) is 0.680. The molecule has 0 fully saturated rings. The fourth-order valence-electron chi connectivity index (χ4n) is 0.680. The molecule has 9 heavy (non-hydrogen) atoms. The maximum absolute atomic E-state index is 8.57. The van der Waals surface area contributed by atoms with Gasteiger partial charge in [-0.05, 0) is 13.3 Å². The first-order valence-corrected chi connectivity index (χ1v) is 3.06. The Morgan fingerprint density at radius 1 is 1.44 bits per heavy atom. The summed E-state index contributed by atoms with van der Waals surface area (Å²) >= 11 is 0. The highest BCUT2D eigenvalue weighted by Crippen LogP contribution is 2.07. The van der Waals surface area contributed by atoms with Gasteiger partial charge in [0.15, 0.2) is 0 Å². The molecule has 0 spiro atoms. The molecule has 54 valence electrons. The number of hydrogen-bond donors (Lipinski definition) is 2. The van der Waals surface area contributed by atoms with Gasteiger partial charge >= 0.3 is 0 Å². The maximum atomic E-state index is 8.57. The Morgan fingerprint density at radius 2 is 1.89 bits per heavy atom.